The van der Waals surface area contributed by atoms with Gasteiger partial charge in [0.25, 0.3) is 0 Å². The van der Waals surface area contributed by atoms with E-state index < -0.39 is 22.9 Å². The number of H-pyrrole nitrogens is 2. The SMILES string of the molecule is C/C=C1/CN(C)[C@H]2Cc3c([nH]c4ccccc34)[C@H](c3cc4c5c([nH]c4cc3OC)[C@]3(C(=O)OC)C[C@H]4C[C@H]([C@H](C)O)[C@@H]3N(CC5)C4)C[C@@H]1C2(CO)C(=O)OC. The topological polar surface area (TPSA) is 140 Å². The number of para-hydroxylation sites is 1. The second-order valence-electron chi connectivity index (χ2n) is 17.1. The number of carbonyl (C=O) groups is 2. The van der Waals surface area contributed by atoms with Gasteiger partial charge in [0.1, 0.15) is 16.6 Å². The summed E-state index contributed by atoms with van der Waals surface area (Å²) in [5, 5.41) is 24.7. The van der Waals surface area contributed by atoms with E-state index in [1.165, 1.54) is 14.2 Å². The van der Waals surface area contributed by atoms with Crippen molar-refractivity contribution in [2.45, 2.75) is 75.5 Å². The molecule has 1 saturated carbocycles. The van der Waals surface area contributed by atoms with Crippen molar-refractivity contribution in [1.82, 2.24) is 19.8 Å². The van der Waals surface area contributed by atoms with Crippen molar-refractivity contribution in [1.29, 1.82) is 0 Å². The van der Waals surface area contributed by atoms with Crippen LogP contribution in [0.15, 0.2) is 48.0 Å². The van der Waals surface area contributed by atoms with E-state index >= 15 is 0 Å². The van der Waals surface area contributed by atoms with Crippen LogP contribution in [0.1, 0.15) is 67.1 Å². The van der Waals surface area contributed by atoms with Gasteiger partial charge in [-0.05, 0) is 82.2 Å². The van der Waals surface area contributed by atoms with Gasteiger partial charge in [-0.2, -0.15) is 0 Å². The molecule has 10 rings (SSSR count). The van der Waals surface area contributed by atoms with Crippen LogP contribution in [0, 0.1) is 23.2 Å². The first-order valence-electron chi connectivity index (χ1n) is 19.9. The lowest BCUT2D eigenvalue weighted by molar-refractivity contribution is -0.169. The number of methoxy groups -OCH3 is 3. The standard InChI is InChI=1S/C44H54N4O7/c1-7-25-21-47(3)37-17-32-26-10-8-9-11-34(26)45-38(32)31(16-33(25)44(37,22-49)42(52)55-6)30-15-29-27-12-13-48-20-24-14-28(23(2)50)40(48)43(19-24,41(51)54-5)39(27)46-35(29)18-36(30)53-4/h7-11,15,18,23-24,28,31,33,37,40,45-46,49-50H,12-14,16-17,19-22H2,1-6H3/b25-7-/t23-,24+,28+,31-,33-,37-,40-,43+,44?/m0/s1. The van der Waals surface area contributed by atoms with E-state index in [0.29, 0.717) is 31.6 Å². The van der Waals surface area contributed by atoms with Gasteiger partial charge in [0, 0.05) is 94.3 Å². The lowest BCUT2D eigenvalue weighted by Crippen LogP contribution is -2.68. The smallest absolute Gasteiger partial charge is 0.319 e. The molecule has 55 heavy (non-hydrogen) atoms. The molecule has 4 N–H and O–H groups in total. The molecule has 11 heteroatoms. The third-order valence-electron chi connectivity index (χ3n) is 14.8. The van der Waals surface area contributed by atoms with Crippen LogP contribution in [0.4, 0.5) is 0 Å². The fourth-order valence-electron chi connectivity index (χ4n) is 12.5. The molecule has 6 aliphatic rings. The van der Waals surface area contributed by atoms with Crippen molar-refractivity contribution >= 4 is 33.7 Å². The van der Waals surface area contributed by atoms with Crippen molar-refractivity contribution in [3.05, 3.63) is 76.1 Å². The molecule has 6 bridgehead atoms. The molecule has 10 atom stereocenters. The van der Waals surface area contributed by atoms with E-state index in [1.807, 2.05) is 27.0 Å². The zero-order valence-electron chi connectivity index (χ0n) is 32.8. The van der Waals surface area contributed by atoms with Crippen molar-refractivity contribution in [3.63, 3.8) is 0 Å². The minimum absolute atomic E-state index is 0.0507. The number of esters is 2. The van der Waals surface area contributed by atoms with Crippen LogP contribution in [0.25, 0.3) is 21.8 Å². The molecule has 2 unspecified atom stereocenters. The normalized spacial score (nSPS) is 34.0. The highest BCUT2D eigenvalue weighted by Gasteiger charge is 2.64. The van der Waals surface area contributed by atoms with Crippen LogP contribution in [0.5, 0.6) is 5.75 Å². The molecule has 0 amide bonds. The van der Waals surface area contributed by atoms with Gasteiger partial charge in [0.15, 0.2) is 0 Å². The number of aromatic nitrogens is 2. The number of piperidine rings is 3. The Morgan fingerprint density at radius 2 is 1.82 bits per heavy atom. The minimum atomic E-state index is -1.20. The highest BCUT2D eigenvalue weighted by molar-refractivity contribution is 5.93. The Kier molecular flexibility index (Phi) is 8.77. The molecule has 11 nitrogen and oxygen atoms in total. The fraction of sp³-hybridized carbons (Fsp3) is 0.545. The third kappa shape index (κ3) is 4.95. The third-order valence-corrected chi connectivity index (χ3v) is 14.8. The number of likely N-dealkylation sites (tertiary alicyclic amines) is 1. The summed E-state index contributed by atoms with van der Waals surface area (Å²) in [7, 11) is 6.65. The summed E-state index contributed by atoms with van der Waals surface area (Å²) in [6, 6.07) is 12.2. The zero-order valence-corrected chi connectivity index (χ0v) is 32.8. The van der Waals surface area contributed by atoms with Crippen molar-refractivity contribution in [3.8, 4) is 5.75 Å². The molecule has 4 aromatic rings. The number of likely N-dealkylation sites (N-methyl/N-ethyl adjacent to an activating group) is 1. The van der Waals surface area contributed by atoms with E-state index in [-0.39, 0.29) is 48.3 Å². The quantitative estimate of drug-likeness (QED) is 0.161. The van der Waals surface area contributed by atoms with Gasteiger partial charge < -0.3 is 34.4 Å². The van der Waals surface area contributed by atoms with Gasteiger partial charge in [-0.1, -0.05) is 29.8 Å². The zero-order chi connectivity index (χ0) is 38.6. The summed E-state index contributed by atoms with van der Waals surface area (Å²) in [6.45, 7) is 5.90. The van der Waals surface area contributed by atoms with Gasteiger partial charge >= 0.3 is 11.9 Å². The molecule has 6 heterocycles. The molecule has 2 aromatic heterocycles. The van der Waals surface area contributed by atoms with E-state index in [9.17, 15) is 19.8 Å². The molecular formula is C44H54N4O7. The highest BCUT2D eigenvalue weighted by Crippen LogP contribution is 2.57. The first kappa shape index (κ1) is 36.5. The fourth-order valence-corrected chi connectivity index (χ4v) is 12.5. The second-order valence-corrected chi connectivity index (χ2v) is 17.1. The second kappa shape index (κ2) is 13.2. The van der Waals surface area contributed by atoms with Crippen LogP contribution in [0.3, 0.4) is 0 Å². The van der Waals surface area contributed by atoms with E-state index in [0.717, 1.165) is 81.4 Å². The predicted molar refractivity (Wildman–Crippen MR) is 209 cm³/mol. The number of aliphatic hydroxyl groups excluding tert-OH is 2. The molecule has 292 valence electrons. The molecule has 3 saturated heterocycles. The van der Waals surface area contributed by atoms with Crippen LogP contribution in [0.2, 0.25) is 0 Å². The number of carbonyl (C=O) groups excluding carboxylic acids is 2. The number of hydrogen-bond acceptors (Lipinski definition) is 9. The van der Waals surface area contributed by atoms with Crippen LogP contribution in [-0.4, -0.2) is 115 Å². The maximum Gasteiger partial charge on any atom is 0.319 e. The van der Waals surface area contributed by atoms with Gasteiger partial charge in [0.05, 0.1) is 34.0 Å². The number of aromatic amines is 2. The summed E-state index contributed by atoms with van der Waals surface area (Å²) in [5.41, 5.74) is 6.09. The first-order valence-corrected chi connectivity index (χ1v) is 19.9. The lowest BCUT2D eigenvalue weighted by atomic mass is 9.56. The maximum atomic E-state index is 14.3. The minimum Gasteiger partial charge on any atom is -0.496 e. The summed E-state index contributed by atoms with van der Waals surface area (Å²) in [4.78, 5) is 40.8. The Morgan fingerprint density at radius 1 is 1.04 bits per heavy atom. The van der Waals surface area contributed by atoms with Gasteiger partial charge in [0.2, 0.25) is 0 Å². The molecular weight excluding hydrogens is 697 g/mol. The van der Waals surface area contributed by atoms with Crippen molar-refractivity contribution in [2.75, 3.05) is 54.6 Å². The van der Waals surface area contributed by atoms with Gasteiger partial charge in [-0.15, -0.1) is 0 Å². The molecule has 4 aliphatic heterocycles. The molecule has 0 spiro atoms. The van der Waals surface area contributed by atoms with Crippen molar-refractivity contribution < 1.29 is 34.0 Å². The molecule has 4 fully saturated rings. The number of aliphatic hydroxyl groups is 2. The Bertz CT molecular complexity index is 2220. The molecule has 2 aliphatic carbocycles. The van der Waals surface area contributed by atoms with E-state index in [1.54, 1.807) is 7.11 Å². The Hall–Kier alpha value is -4.16. The van der Waals surface area contributed by atoms with Gasteiger partial charge in [-0.3, -0.25) is 19.4 Å². The Morgan fingerprint density at radius 3 is 2.53 bits per heavy atom. The molecule has 0 radical (unpaired) electrons. The van der Waals surface area contributed by atoms with Crippen LogP contribution < -0.4 is 4.74 Å². The summed E-state index contributed by atoms with van der Waals surface area (Å²) in [5.74, 6) is -0.277. The van der Waals surface area contributed by atoms with Crippen molar-refractivity contribution in [2.24, 2.45) is 23.2 Å². The summed E-state index contributed by atoms with van der Waals surface area (Å²) < 4.78 is 17.6. The van der Waals surface area contributed by atoms with Crippen LogP contribution in [-0.2, 0) is 37.3 Å². The highest BCUT2D eigenvalue weighted by atomic mass is 16.5. The monoisotopic (exact) mass is 750 g/mol. The largest absolute Gasteiger partial charge is 0.496 e. The summed E-state index contributed by atoms with van der Waals surface area (Å²) in [6.07, 6.45) is 4.95. The predicted octanol–water partition coefficient (Wildman–Crippen LogP) is 4.82. The maximum absolute atomic E-state index is 14.3. The number of rotatable bonds is 6. The van der Waals surface area contributed by atoms with E-state index in [4.69, 9.17) is 14.2 Å². The number of allylic oxidation sites excluding steroid dienone is 1. The average molecular weight is 751 g/mol. The van der Waals surface area contributed by atoms with Gasteiger partial charge in [-0.25, -0.2) is 0 Å². The van der Waals surface area contributed by atoms with E-state index in [2.05, 4.69) is 56.2 Å². The number of ether oxygens (including phenoxy) is 3. The molecule has 2 aromatic carbocycles. The number of hydrogen-bond donors (Lipinski definition) is 4. The first-order chi connectivity index (χ1) is 26.6. The number of benzene rings is 2. The van der Waals surface area contributed by atoms with Crippen LogP contribution >= 0.6 is 0 Å². The lowest BCUT2D eigenvalue weighted by Gasteiger charge is -2.58. The summed E-state index contributed by atoms with van der Waals surface area (Å²) >= 11 is 0. The Balaban J connectivity index is 1.29. The number of nitrogens with zero attached hydrogens (tertiary/aromatic N) is 2. The number of nitrogens with one attached hydrogen (secondary N) is 2. The number of fused-ring (bicyclic) bond motifs is 9. The average Bonchev–Trinajstić information content (AvgIpc) is 3.72. The Labute approximate surface area is 322 Å².